The highest BCUT2D eigenvalue weighted by Crippen LogP contribution is 2.32. The number of hydrogen-bond acceptors (Lipinski definition) is 6. The van der Waals surface area contributed by atoms with Crippen LogP contribution in [0.25, 0.3) is 10.9 Å². The van der Waals surface area contributed by atoms with Gasteiger partial charge in [0.2, 0.25) is 5.91 Å². The molecule has 1 amide bonds. The number of fused-ring (bicyclic) bond motifs is 2. The summed E-state index contributed by atoms with van der Waals surface area (Å²) in [4.78, 5) is 36.2. The fourth-order valence-corrected chi connectivity index (χ4v) is 5.00. The van der Waals surface area contributed by atoms with Crippen molar-refractivity contribution in [2.75, 3.05) is 4.90 Å². The van der Waals surface area contributed by atoms with E-state index in [0.29, 0.717) is 16.4 Å². The fourth-order valence-electron chi connectivity index (χ4n) is 4.13. The highest BCUT2D eigenvalue weighted by molar-refractivity contribution is 7.14. The molecule has 1 aliphatic carbocycles. The van der Waals surface area contributed by atoms with Crippen molar-refractivity contribution in [2.24, 2.45) is 0 Å². The van der Waals surface area contributed by atoms with E-state index in [2.05, 4.69) is 4.98 Å². The molecule has 0 fully saturated rings. The average molecular weight is 444 g/mol. The predicted molar refractivity (Wildman–Crippen MR) is 124 cm³/mol. The number of para-hydroxylation sites is 2. The maximum Gasteiger partial charge on any atom is 0.339 e. The third kappa shape index (κ3) is 3.76. The normalized spacial score (nSPS) is 12.5. The molecule has 0 atom stereocenters. The maximum absolute atomic E-state index is 13.1. The third-order valence-electron chi connectivity index (χ3n) is 5.53. The highest BCUT2D eigenvalue weighted by Gasteiger charge is 2.25. The molecule has 6 nitrogen and oxygen atoms in total. The summed E-state index contributed by atoms with van der Waals surface area (Å²) in [5, 5.41) is 3.19. The first-order valence-electron chi connectivity index (χ1n) is 10.5. The van der Waals surface area contributed by atoms with Crippen LogP contribution in [0.15, 0.2) is 60.0 Å². The predicted octanol–water partition coefficient (Wildman–Crippen LogP) is 5.22. The van der Waals surface area contributed by atoms with Crippen molar-refractivity contribution in [3.63, 3.8) is 0 Å². The summed E-state index contributed by atoms with van der Waals surface area (Å²) in [5.41, 5.74) is 4.78. The number of ether oxygens (including phenoxy) is 1. The zero-order valence-corrected chi connectivity index (χ0v) is 18.4. The molecule has 0 saturated carbocycles. The van der Waals surface area contributed by atoms with Gasteiger partial charge in [0, 0.05) is 23.4 Å². The fraction of sp³-hybridized carbons (Fsp3) is 0.200. The van der Waals surface area contributed by atoms with Gasteiger partial charge >= 0.3 is 5.97 Å². The number of rotatable bonds is 5. The largest absolute Gasteiger partial charge is 0.456 e. The smallest absolute Gasteiger partial charge is 0.339 e. The van der Waals surface area contributed by atoms with E-state index in [4.69, 9.17) is 9.72 Å². The molecule has 0 spiro atoms. The number of anilines is 2. The van der Waals surface area contributed by atoms with E-state index >= 15 is 0 Å². The number of benzene rings is 2. The van der Waals surface area contributed by atoms with Gasteiger partial charge in [0.15, 0.2) is 5.13 Å². The maximum atomic E-state index is 13.1. The molecule has 160 valence electrons. The summed E-state index contributed by atoms with van der Waals surface area (Å²) in [6, 6.07) is 17.0. The second kappa shape index (κ2) is 8.51. The van der Waals surface area contributed by atoms with Crippen LogP contribution in [0.3, 0.4) is 0 Å². The standard InChI is InChI=1S/C25H21N3O3S/c1-16(29)28(18-8-3-2-4-9-18)25-26-17(15-32-25)14-31-24(30)23-19-10-5-6-12-21(19)27-22-13-7-11-20(22)23/h2-6,8-10,12,15H,7,11,13-14H2,1H3. The Morgan fingerprint density at radius 1 is 1.03 bits per heavy atom. The molecular formula is C25H21N3O3S. The molecule has 2 aromatic carbocycles. The lowest BCUT2D eigenvalue weighted by atomic mass is 10.0. The number of carbonyl (C=O) groups excluding carboxylic acids is 2. The molecule has 0 bridgehead atoms. The minimum absolute atomic E-state index is 0.0429. The second-order valence-corrected chi connectivity index (χ2v) is 8.51. The lowest BCUT2D eigenvalue weighted by Gasteiger charge is -2.17. The van der Waals surface area contributed by atoms with Gasteiger partial charge in [-0.05, 0) is 43.0 Å². The Balaban J connectivity index is 1.38. The molecule has 7 heteroatoms. The molecular weight excluding hydrogens is 422 g/mol. The van der Waals surface area contributed by atoms with Crippen molar-refractivity contribution in [3.05, 3.63) is 82.5 Å². The van der Waals surface area contributed by atoms with Gasteiger partial charge in [0.25, 0.3) is 0 Å². The molecule has 0 aliphatic heterocycles. The van der Waals surface area contributed by atoms with E-state index in [0.717, 1.165) is 47.1 Å². The second-order valence-electron chi connectivity index (χ2n) is 7.67. The molecule has 4 aromatic rings. The molecule has 2 heterocycles. The van der Waals surface area contributed by atoms with Crippen LogP contribution in [0.4, 0.5) is 10.8 Å². The van der Waals surface area contributed by atoms with E-state index in [1.165, 1.54) is 18.3 Å². The van der Waals surface area contributed by atoms with E-state index in [1.54, 1.807) is 4.90 Å². The van der Waals surface area contributed by atoms with Crippen molar-refractivity contribution in [1.82, 2.24) is 9.97 Å². The van der Waals surface area contributed by atoms with Gasteiger partial charge in [0.05, 0.1) is 22.5 Å². The van der Waals surface area contributed by atoms with Gasteiger partial charge in [-0.1, -0.05) is 36.4 Å². The molecule has 32 heavy (non-hydrogen) atoms. The summed E-state index contributed by atoms with van der Waals surface area (Å²) in [6.07, 6.45) is 2.72. The minimum atomic E-state index is -0.359. The van der Waals surface area contributed by atoms with Gasteiger partial charge in [-0.25, -0.2) is 9.78 Å². The number of hydrogen-bond donors (Lipinski definition) is 0. The Labute approximate surface area is 189 Å². The minimum Gasteiger partial charge on any atom is -0.456 e. The molecule has 2 aromatic heterocycles. The molecule has 0 N–H and O–H groups in total. The number of nitrogens with zero attached hydrogens (tertiary/aromatic N) is 3. The van der Waals surface area contributed by atoms with E-state index in [-0.39, 0.29) is 18.5 Å². The van der Waals surface area contributed by atoms with Gasteiger partial charge in [-0.15, -0.1) is 11.3 Å². The highest BCUT2D eigenvalue weighted by atomic mass is 32.1. The lowest BCUT2D eigenvalue weighted by Crippen LogP contribution is -2.22. The molecule has 0 saturated heterocycles. The van der Waals surface area contributed by atoms with E-state index < -0.39 is 0 Å². The van der Waals surface area contributed by atoms with Crippen LogP contribution in [0.5, 0.6) is 0 Å². The monoisotopic (exact) mass is 443 g/mol. The Kier molecular flexibility index (Phi) is 5.41. The van der Waals surface area contributed by atoms with Crippen molar-refractivity contribution in [1.29, 1.82) is 0 Å². The van der Waals surface area contributed by atoms with Crippen LogP contribution in [0.2, 0.25) is 0 Å². The first-order valence-corrected chi connectivity index (χ1v) is 11.4. The number of carbonyl (C=O) groups is 2. The third-order valence-corrected chi connectivity index (χ3v) is 6.41. The van der Waals surface area contributed by atoms with Gasteiger partial charge in [0.1, 0.15) is 6.61 Å². The van der Waals surface area contributed by atoms with Crippen molar-refractivity contribution >= 4 is 44.9 Å². The number of pyridine rings is 1. The van der Waals surface area contributed by atoms with Crippen LogP contribution in [-0.4, -0.2) is 21.8 Å². The number of amides is 1. The average Bonchev–Trinajstić information content (AvgIpc) is 3.46. The number of aryl methyl sites for hydroxylation is 1. The van der Waals surface area contributed by atoms with E-state index in [1.807, 2.05) is 60.0 Å². The van der Waals surface area contributed by atoms with Crippen LogP contribution in [-0.2, 0) is 29.0 Å². The Morgan fingerprint density at radius 3 is 2.62 bits per heavy atom. The van der Waals surface area contributed by atoms with E-state index in [9.17, 15) is 9.59 Å². The van der Waals surface area contributed by atoms with Gasteiger partial charge in [-0.2, -0.15) is 0 Å². The van der Waals surface area contributed by atoms with Crippen molar-refractivity contribution in [3.8, 4) is 0 Å². The number of thiazole rings is 1. The summed E-state index contributed by atoms with van der Waals surface area (Å²) in [7, 11) is 0. The van der Waals surface area contributed by atoms with Crippen LogP contribution in [0, 0.1) is 0 Å². The first-order chi connectivity index (χ1) is 15.6. The quantitative estimate of drug-likeness (QED) is 0.395. The summed E-state index contributed by atoms with van der Waals surface area (Å²) < 4.78 is 5.68. The molecule has 5 rings (SSSR count). The molecule has 1 aliphatic rings. The zero-order valence-electron chi connectivity index (χ0n) is 17.6. The van der Waals surface area contributed by atoms with Gasteiger partial charge in [-0.3, -0.25) is 14.7 Å². The van der Waals surface area contributed by atoms with Crippen LogP contribution in [0.1, 0.15) is 40.7 Å². The van der Waals surface area contributed by atoms with Crippen molar-refractivity contribution in [2.45, 2.75) is 32.8 Å². The van der Waals surface area contributed by atoms with Crippen LogP contribution >= 0.6 is 11.3 Å². The SMILES string of the molecule is CC(=O)N(c1ccccc1)c1nc(COC(=O)c2c3c(nc4ccccc24)CCC3)cs1. The Hall–Kier alpha value is -3.58. The Morgan fingerprint density at radius 2 is 1.81 bits per heavy atom. The molecule has 0 unspecified atom stereocenters. The van der Waals surface area contributed by atoms with Gasteiger partial charge < -0.3 is 4.74 Å². The zero-order chi connectivity index (χ0) is 22.1. The van der Waals surface area contributed by atoms with Crippen LogP contribution < -0.4 is 4.90 Å². The first kappa shape index (κ1) is 20.3. The summed E-state index contributed by atoms with van der Waals surface area (Å²) in [5.74, 6) is -0.490. The number of aromatic nitrogens is 2. The lowest BCUT2D eigenvalue weighted by molar-refractivity contribution is -0.115. The summed E-state index contributed by atoms with van der Waals surface area (Å²) >= 11 is 1.34. The van der Waals surface area contributed by atoms with Crippen molar-refractivity contribution < 1.29 is 14.3 Å². The molecule has 0 radical (unpaired) electrons. The number of esters is 1. The summed E-state index contributed by atoms with van der Waals surface area (Å²) in [6.45, 7) is 1.55. The topological polar surface area (TPSA) is 72.4 Å². The Bertz CT molecular complexity index is 1320.